The van der Waals surface area contributed by atoms with Crippen LogP contribution in [0.5, 0.6) is 0 Å². The molecular formula is C32H36N4O4S. The lowest BCUT2D eigenvalue weighted by Crippen LogP contribution is -2.34. The Hall–Kier alpha value is -4.08. The summed E-state index contributed by atoms with van der Waals surface area (Å²) in [6, 6.07) is 26.6. The number of anilines is 1. The molecule has 9 heteroatoms. The van der Waals surface area contributed by atoms with E-state index in [1.807, 2.05) is 73.8 Å². The quantitative estimate of drug-likeness (QED) is 0.207. The molecule has 4 rings (SSSR count). The first-order chi connectivity index (χ1) is 19.7. The highest BCUT2D eigenvalue weighted by atomic mass is 32.2. The summed E-state index contributed by atoms with van der Waals surface area (Å²) in [5.74, 6) is 0.0942. The highest BCUT2D eigenvalue weighted by Gasteiger charge is 2.19. The molecule has 8 nitrogen and oxygen atoms in total. The van der Waals surface area contributed by atoms with Gasteiger partial charge in [0, 0.05) is 30.3 Å². The molecule has 1 aromatic heterocycles. The standard InChI is InChI=1S/C32H36N4O4S/c1-24(2)36(20-10-11-21-40-23-30(37)35-41(38,39)28-18-16-25(3)17-19-28)29-22-33-31(26-12-6-4-7-13-26)32(34-29)27-14-8-5-9-15-27/h4-9,12-19,22,24H,10-11,20-21,23H2,1-3H3,(H,35,37). The van der Waals surface area contributed by atoms with E-state index in [2.05, 4.69) is 23.5 Å². The van der Waals surface area contributed by atoms with E-state index in [4.69, 9.17) is 14.7 Å². The van der Waals surface area contributed by atoms with Crippen molar-refractivity contribution >= 4 is 21.7 Å². The summed E-state index contributed by atoms with van der Waals surface area (Å²) in [5, 5.41) is 0. The van der Waals surface area contributed by atoms with Crippen LogP contribution >= 0.6 is 0 Å². The number of carbonyl (C=O) groups is 1. The average Bonchev–Trinajstić information content (AvgIpc) is 2.97. The molecule has 0 saturated heterocycles. The van der Waals surface area contributed by atoms with Crippen molar-refractivity contribution in [3.05, 3.63) is 96.7 Å². The molecule has 0 atom stereocenters. The molecule has 0 aliphatic carbocycles. The van der Waals surface area contributed by atoms with Gasteiger partial charge >= 0.3 is 0 Å². The molecule has 1 N–H and O–H groups in total. The Bertz CT molecular complexity index is 1530. The molecule has 1 amide bonds. The maximum atomic E-state index is 12.4. The number of hydrogen-bond acceptors (Lipinski definition) is 7. The number of aryl methyl sites for hydroxylation is 1. The van der Waals surface area contributed by atoms with Crippen LogP contribution in [0.25, 0.3) is 22.5 Å². The number of unbranched alkanes of at least 4 members (excludes halogenated alkanes) is 1. The van der Waals surface area contributed by atoms with Gasteiger partial charge in [0.2, 0.25) is 0 Å². The lowest BCUT2D eigenvalue weighted by atomic mass is 10.0. The van der Waals surface area contributed by atoms with Gasteiger partial charge in [0.25, 0.3) is 15.9 Å². The van der Waals surface area contributed by atoms with Crippen molar-refractivity contribution in [1.29, 1.82) is 0 Å². The minimum absolute atomic E-state index is 0.0422. The van der Waals surface area contributed by atoms with E-state index >= 15 is 0 Å². The van der Waals surface area contributed by atoms with Gasteiger partial charge in [0.05, 0.1) is 22.5 Å². The Balaban J connectivity index is 1.33. The fourth-order valence-corrected chi connectivity index (χ4v) is 5.34. The van der Waals surface area contributed by atoms with Crippen LogP contribution in [-0.4, -0.2) is 50.1 Å². The molecule has 0 fully saturated rings. The van der Waals surface area contributed by atoms with Crippen LogP contribution in [0.3, 0.4) is 0 Å². The largest absolute Gasteiger partial charge is 0.372 e. The van der Waals surface area contributed by atoms with Crippen molar-refractivity contribution in [2.75, 3.05) is 24.7 Å². The number of aromatic nitrogens is 2. The molecule has 4 aromatic rings. The second-order valence-electron chi connectivity index (χ2n) is 10.0. The first-order valence-electron chi connectivity index (χ1n) is 13.7. The van der Waals surface area contributed by atoms with E-state index in [0.717, 1.165) is 46.9 Å². The van der Waals surface area contributed by atoms with Crippen LogP contribution < -0.4 is 9.62 Å². The summed E-state index contributed by atoms with van der Waals surface area (Å²) < 4.78 is 32.3. The molecule has 0 aliphatic rings. The van der Waals surface area contributed by atoms with Gasteiger partial charge in [-0.05, 0) is 45.7 Å². The third-order valence-corrected chi connectivity index (χ3v) is 7.91. The van der Waals surface area contributed by atoms with Gasteiger partial charge in [-0.1, -0.05) is 78.4 Å². The third kappa shape index (κ3) is 8.22. The highest BCUT2D eigenvalue weighted by molar-refractivity contribution is 7.90. The number of sulfonamides is 1. The van der Waals surface area contributed by atoms with Crippen molar-refractivity contribution in [3.8, 4) is 22.5 Å². The number of rotatable bonds is 13. The van der Waals surface area contributed by atoms with Gasteiger partial charge in [-0.2, -0.15) is 0 Å². The summed E-state index contributed by atoms with van der Waals surface area (Å²) in [7, 11) is -3.92. The number of carbonyl (C=O) groups excluding carboxylic acids is 1. The second kappa shape index (κ2) is 14.0. The summed E-state index contributed by atoms with van der Waals surface area (Å²) in [6.07, 6.45) is 3.32. The monoisotopic (exact) mass is 572 g/mol. The topological polar surface area (TPSA) is 101 Å². The first-order valence-corrected chi connectivity index (χ1v) is 15.2. The number of benzene rings is 3. The van der Waals surface area contributed by atoms with Gasteiger partial charge in [-0.15, -0.1) is 0 Å². The Morgan fingerprint density at radius 1 is 0.878 bits per heavy atom. The minimum Gasteiger partial charge on any atom is -0.372 e. The van der Waals surface area contributed by atoms with E-state index in [1.165, 1.54) is 12.1 Å². The SMILES string of the molecule is Cc1ccc(S(=O)(=O)NC(=O)COCCCCN(c2cnc(-c3ccccc3)c(-c3ccccc3)n2)C(C)C)cc1. The van der Waals surface area contributed by atoms with E-state index < -0.39 is 15.9 Å². The number of nitrogens with one attached hydrogen (secondary N) is 1. The smallest absolute Gasteiger partial charge is 0.264 e. The predicted octanol–water partition coefficient (Wildman–Crippen LogP) is 5.64. The van der Waals surface area contributed by atoms with E-state index in [1.54, 1.807) is 12.1 Å². The van der Waals surface area contributed by atoms with Gasteiger partial charge in [-0.3, -0.25) is 9.78 Å². The number of hydrogen-bond donors (Lipinski definition) is 1. The van der Waals surface area contributed by atoms with Crippen molar-refractivity contribution in [2.45, 2.75) is 44.6 Å². The van der Waals surface area contributed by atoms with Crippen LogP contribution in [0.4, 0.5) is 5.82 Å². The second-order valence-corrected chi connectivity index (χ2v) is 11.7. The Morgan fingerprint density at radius 2 is 1.49 bits per heavy atom. The molecule has 0 bridgehead atoms. The molecule has 214 valence electrons. The predicted molar refractivity (Wildman–Crippen MR) is 162 cm³/mol. The number of amides is 1. The van der Waals surface area contributed by atoms with E-state index in [0.29, 0.717) is 13.0 Å². The van der Waals surface area contributed by atoms with Crippen molar-refractivity contribution in [2.24, 2.45) is 0 Å². The van der Waals surface area contributed by atoms with Crippen molar-refractivity contribution in [3.63, 3.8) is 0 Å². The van der Waals surface area contributed by atoms with Gasteiger partial charge in [0.1, 0.15) is 12.4 Å². The van der Waals surface area contributed by atoms with Crippen molar-refractivity contribution in [1.82, 2.24) is 14.7 Å². The van der Waals surface area contributed by atoms with Gasteiger partial charge < -0.3 is 9.64 Å². The van der Waals surface area contributed by atoms with E-state index in [-0.39, 0.29) is 17.5 Å². The van der Waals surface area contributed by atoms with Crippen LogP contribution in [0.1, 0.15) is 32.3 Å². The van der Waals surface area contributed by atoms with E-state index in [9.17, 15) is 13.2 Å². The van der Waals surface area contributed by atoms with Crippen LogP contribution in [0.15, 0.2) is 96.0 Å². The van der Waals surface area contributed by atoms with Gasteiger partial charge in [0.15, 0.2) is 0 Å². The Kier molecular flexibility index (Phi) is 10.2. The van der Waals surface area contributed by atoms with Crippen LogP contribution in [0, 0.1) is 6.92 Å². The molecule has 0 radical (unpaired) electrons. The fourth-order valence-electron chi connectivity index (χ4n) is 4.37. The van der Waals surface area contributed by atoms with Gasteiger partial charge in [-0.25, -0.2) is 18.1 Å². The Morgan fingerprint density at radius 3 is 2.10 bits per heavy atom. The molecule has 41 heavy (non-hydrogen) atoms. The molecule has 0 spiro atoms. The lowest BCUT2D eigenvalue weighted by Gasteiger charge is -2.28. The van der Waals surface area contributed by atoms with Crippen molar-refractivity contribution < 1.29 is 17.9 Å². The average molecular weight is 573 g/mol. The Labute approximate surface area is 242 Å². The summed E-state index contributed by atoms with van der Waals surface area (Å²) in [5.41, 5.74) is 4.60. The first kappa shape index (κ1) is 29.9. The highest BCUT2D eigenvalue weighted by Crippen LogP contribution is 2.31. The molecule has 3 aromatic carbocycles. The zero-order chi connectivity index (χ0) is 29.2. The maximum absolute atomic E-state index is 12.4. The lowest BCUT2D eigenvalue weighted by molar-refractivity contribution is -0.123. The number of nitrogens with zero attached hydrogens (tertiary/aromatic N) is 3. The normalized spacial score (nSPS) is 11.4. The molecule has 0 aliphatic heterocycles. The number of ether oxygens (including phenoxy) is 1. The maximum Gasteiger partial charge on any atom is 0.264 e. The molecule has 0 saturated carbocycles. The van der Waals surface area contributed by atoms with Crippen LogP contribution in [0.2, 0.25) is 0 Å². The third-order valence-electron chi connectivity index (χ3n) is 6.52. The summed E-state index contributed by atoms with van der Waals surface area (Å²) in [4.78, 5) is 24.3. The molecule has 0 unspecified atom stereocenters. The molecule has 1 heterocycles. The zero-order valence-electron chi connectivity index (χ0n) is 23.7. The molecular weight excluding hydrogens is 536 g/mol. The minimum atomic E-state index is -3.92. The zero-order valence-corrected chi connectivity index (χ0v) is 24.5. The summed E-state index contributed by atoms with van der Waals surface area (Å²) in [6.45, 7) is 6.82. The van der Waals surface area contributed by atoms with Crippen LogP contribution in [-0.2, 0) is 19.6 Å². The fraction of sp³-hybridized carbons (Fsp3) is 0.281. The summed E-state index contributed by atoms with van der Waals surface area (Å²) >= 11 is 0.